The van der Waals surface area contributed by atoms with E-state index in [0.717, 1.165) is 22.2 Å². The summed E-state index contributed by atoms with van der Waals surface area (Å²) >= 11 is 1.80. The first-order valence-corrected chi connectivity index (χ1v) is 9.56. The lowest BCUT2D eigenvalue weighted by Gasteiger charge is -2.11. The molecule has 5 heteroatoms. The topological polar surface area (TPSA) is 55.0 Å². The van der Waals surface area contributed by atoms with Gasteiger partial charge in [0, 0.05) is 40.1 Å². The second kappa shape index (κ2) is 7.68. The van der Waals surface area contributed by atoms with Crippen molar-refractivity contribution >= 4 is 22.5 Å². The van der Waals surface area contributed by atoms with Gasteiger partial charge < -0.3 is 9.72 Å². The van der Waals surface area contributed by atoms with E-state index >= 15 is 0 Å². The maximum Gasteiger partial charge on any atom is 0.248 e. The van der Waals surface area contributed by atoms with Crippen LogP contribution in [0.1, 0.15) is 5.56 Å². The van der Waals surface area contributed by atoms with Gasteiger partial charge in [-0.3, -0.25) is 9.78 Å². The van der Waals surface area contributed by atoms with E-state index in [2.05, 4.69) is 52.4 Å². The van der Waals surface area contributed by atoms with Crippen molar-refractivity contribution in [3.05, 3.63) is 89.0 Å². The molecule has 0 unspecified atom stereocenters. The van der Waals surface area contributed by atoms with Crippen molar-refractivity contribution in [3.8, 4) is 17.0 Å². The van der Waals surface area contributed by atoms with Gasteiger partial charge in [0.2, 0.25) is 5.56 Å². The smallest absolute Gasteiger partial charge is 0.248 e. The Morgan fingerprint density at radius 2 is 1.93 bits per heavy atom. The number of methoxy groups -OCH3 is 1. The molecule has 0 spiro atoms. The van der Waals surface area contributed by atoms with E-state index in [4.69, 9.17) is 4.74 Å². The summed E-state index contributed by atoms with van der Waals surface area (Å²) < 4.78 is 5.40. The molecule has 0 aliphatic carbocycles. The summed E-state index contributed by atoms with van der Waals surface area (Å²) in [6.07, 6.45) is 3.34. The summed E-state index contributed by atoms with van der Waals surface area (Å²) in [5.41, 5.74) is 2.55. The fourth-order valence-corrected chi connectivity index (χ4v) is 3.91. The molecule has 0 saturated heterocycles. The Morgan fingerprint density at radius 1 is 1.07 bits per heavy atom. The highest BCUT2D eigenvalue weighted by atomic mass is 32.2. The molecule has 2 aromatic heterocycles. The largest absolute Gasteiger partial charge is 0.495 e. The molecule has 0 bridgehead atoms. The second-order valence-corrected chi connectivity index (χ2v) is 7.14. The van der Waals surface area contributed by atoms with Crippen LogP contribution in [0.3, 0.4) is 0 Å². The standard InChI is InChI=1S/C22H18N2O2S/c1-26-20-13-24-21(25)12-19(20)22-18-8-7-17(11-16(18)9-10-23-22)27-14-15-5-3-2-4-6-15/h2-13H,14H2,1H3,(H,24,25). The lowest BCUT2D eigenvalue weighted by Crippen LogP contribution is -2.05. The number of hydrogen-bond acceptors (Lipinski definition) is 4. The van der Waals surface area contributed by atoms with Crippen LogP contribution in [0.2, 0.25) is 0 Å². The minimum Gasteiger partial charge on any atom is -0.495 e. The van der Waals surface area contributed by atoms with Crippen LogP contribution in [-0.2, 0) is 5.75 Å². The van der Waals surface area contributed by atoms with Gasteiger partial charge in [0.25, 0.3) is 0 Å². The lowest BCUT2D eigenvalue weighted by molar-refractivity contribution is 0.414. The van der Waals surface area contributed by atoms with Crippen LogP contribution in [0.4, 0.5) is 0 Å². The second-order valence-electron chi connectivity index (χ2n) is 6.10. The third-order valence-corrected chi connectivity index (χ3v) is 5.41. The molecule has 134 valence electrons. The van der Waals surface area contributed by atoms with Crippen LogP contribution in [0.5, 0.6) is 5.75 Å². The average molecular weight is 374 g/mol. The minimum absolute atomic E-state index is 0.181. The van der Waals surface area contributed by atoms with E-state index in [0.29, 0.717) is 11.3 Å². The molecule has 0 fully saturated rings. The molecule has 0 aliphatic heterocycles. The molecule has 0 amide bonds. The fraction of sp³-hybridized carbons (Fsp3) is 0.0909. The molecule has 27 heavy (non-hydrogen) atoms. The lowest BCUT2D eigenvalue weighted by atomic mass is 10.0. The van der Waals surface area contributed by atoms with Crippen molar-refractivity contribution in [1.82, 2.24) is 9.97 Å². The maximum atomic E-state index is 11.8. The van der Waals surface area contributed by atoms with Crippen LogP contribution < -0.4 is 10.3 Å². The number of rotatable bonds is 5. The number of fused-ring (bicyclic) bond motifs is 1. The van der Waals surface area contributed by atoms with Gasteiger partial charge >= 0.3 is 0 Å². The van der Waals surface area contributed by atoms with Crippen LogP contribution >= 0.6 is 11.8 Å². The van der Waals surface area contributed by atoms with Crippen molar-refractivity contribution in [3.63, 3.8) is 0 Å². The molecule has 4 nitrogen and oxygen atoms in total. The highest BCUT2D eigenvalue weighted by Crippen LogP contribution is 2.34. The van der Waals surface area contributed by atoms with E-state index < -0.39 is 0 Å². The van der Waals surface area contributed by atoms with Crippen LogP contribution in [0.15, 0.2) is 82.7 Å². The number of nitrogens with zero attached hydrogens (tertiary/aromatic N) is 1. The van der Waals surface area contributed by atoms with Gasteiger partial charge in [-0.2, -0.15) is 0 Å². The van der Waals surface area contributed by atoms with Gasteiger partial charge in [-0.25, -0.2) is 0 Å². The van der Waals surface area contributed by atoms with E-state index in [1.165, 1.54) is 16.5 Å². The molecule has 4 rings (SSSR count). The van der Waals surface area contributed by atoms with Crippen molar-refractivity contribution in [2.45, 2.75) is 10.6 Å². The van der Waals surface area contributed by atoms with E-state index in [1.54, 1.807) is 31.3 Å². The first kappa shape index (κ1) is 17.4. The summed E-state index contributed by atoms with van der Waals surface area (Å²) in [5.74, 6) is 1.52. The van der Waals surface area contributed by atoms with Crippen LogP contribution in [0, 0.1) is 0 Å². The number of nitrogens with one attached hydrogen (secondary N) is 1. The minimum atomic E-state index is -0.181. The van der Waals surface area contributed by atoms with E-state index in [-0.39, 0.29) is 5.56 Å². The number of hydrogen-bond donors (Lipinski definition) is 1. The van der Waals surface area contributed by atoms with Gasteiger partial charge in [-0.05, 0) is 29.1 Å². The van der Waals surface area contributed by atoms with Crippen molar-refractivity contribution in [2.24, 2.45) is 0 Å². The summed E-state index contributed by atoms with van der Waals surface area (Å²) in [6.45, 7) is 0. The maximum absolute atomic E-state index is 11.8. The Bertz CT molecular complexity index is 1140. The third-order valence-electron chi connectivity index (χ3n) is 4.35. The zero-order chi connectivity index (χ0) is 18.6. The predicted molar refractivity (Wildman–Crippen MR) is 110 cm³/mol. The van der Waals surface area contributed by atoms with Crippen LogP contribution in [0.25, 0.3) is 22.0 Å². The average Bonchev–Trinajstić information content (AvgIpc) is 2.72. The van der Waals surface area contributed by atoms with Crippen molar-refractivity contribution < 1.29 is 4.74 Å². The van der Waals surface area contributed by atoms with Crippen molar-refractivity contribution in [1.29, 1.82) is 0 Å². The summed E-state index contributed by atoms with van der Waals surface area (Å²) in [4.78, 5) is 20.1. The number of pyridine rings is 2. The number of ether oxygens (including phenoxy) is 1. The number of thioether (sulfide) groups is 1. The Labute approximate surface area is 161 Å². The van der Waals surface area contributed by atoms with E-state index in [9.17, 15) is 4.79 Å². The zero-order valence-corrected chi connectivity index (χ0v) is 15.6. The Morgan fingerprint density at radius 3 is 2.74 bits per heavy atom. The Balaban J connectivity index is 1.71. The van der Waals surface area contributed by atoms with Crippen molar-refractivity contribution in [2.75, 3.05) is 7.11 Å². The number of benzene rings is 2. The molecule has 0 saturated carbocycles. The van der Waals surface area contributed by atoms with Crippen LogP contribution in [-0.4, -0.2) is 17.1 Å². The first-order chi connectivity index (χ1) is 13.2. The summed E-state index contributed by atoms with van der Waals surface area (Å²) in [5, 5.41) is 2.07. The molecule has 2 heterocycles. The fourth-order valence-electron chi connectivity index (χ4n) is 3.01. The first-order valence-electron chi connectivity index (χ1n) is 8.57. The zero-order valence-electron chi connectivity index (χ0n) is 14.8. The molecule has 0 atom stereocenters. The summed E-state index contributed by atoms with van der Waals surface area (Å²) in [6, 6.07) is 20.3. The number of H-pyrrole nitrogens is 1. The normalized spacial score (nSPS) is 10.9. The molecule has 0 radical (unpaired) electrons. The van der Waals surface area contributed by atoms with Gasteiger partial charge in [0.1, 0.15) is 5.75 Å². The monoisotopic (exact) mass is 374 g/mol. The quantitative estimate of drug-likeness (QED) is 0.505. The SMILES string of the molecule is COc1c[nH]c(=O)cc1-c1nccc2cc(SCc3ccccc3)ccc12. The molecule has 0 aliphatic rings. The van der Waals surface area contributed by atoms with Gasteiger partial charge in [-0.1, -0.05) is 36.4 Å². The van der Waals surface area contributed by atoms with Gasteiger partial charge in [-0.15, -0.1) is 11.8 Å². The number of aromatic amines is 1. The van der Waals surface area contributed by atoms with Gasteiger partial charge in [0.05, 0.1) is 12.8 Å². The third kappa shape index (κ3) is 3.73. The molecular weight excluding hydrogens is 356 g/mol. The molecule has 1 N–H and O–H groups in total. The summed E-state index contributed by atoms with van der Waals surface area (Å²) in [7, 11) is 1.58. The van der Waals surface area contributed by atoms with Gasteiger partial charge in [0.15, 0.2) is 0 Å². The highest BCUT2D eigenvalue weighted by molar-refractivity contribution is 7.98. The Kier molecular flexibility index (Phi) is 4.94. The highest BCUT2D eigenvalue weighted by Gasteiger charge is 2.12. The van der Waals surface area contributed by atoms with E-state index in [1.807, 2.05) is 12.1 Å². The molecular formula is C22H18N2O2S. The molecule has 4 aromatic rings. The predicted octanol–water partition coefficient (Wildman–Crippen LogP) is 4.89. The number of aromatic nitrogens is 2. The molecule has 2 aromatic carbocycles. The Hall–Kier alpha value is -3.05.